The van der Waals surface area contributed by atoms with Crippen LogP contribution in [0.5, 0.6) is 0 Å². The third kappa shape index (κ3) is 32.3. The van der Waals surface area contributed by atoms with Crippen LogP contribution in [0.25, 0.3) is 0 Å². The van der Waals surface area contributed by atoms with Gasteiger partial charge in [0.2, 0.25) is 0 Å². The van der Waals surface area contributed by atoms with E-state index in [0.717, 1.165) is 12.8 Å². The second-order valence-electron chi connectivity index (χ2n) is 3.63. The van der Waals surface area contributed by atoms with Crippen LogP contribution in [-0.4, -0.2) is 0 Å². The standard InChI is InChI=1S/2C5H5.2C4H9.Ti/c2*1-2-4-5-3-1;2*1-3-4-2;/h2*1-5H;2*1,3-4H2,2H3;/q;;2*-1;+2. The summed E-state index contributed by atoms with van der Waals surface area (Å²) in [5.74, 6) is 0. The molecule has 0 atom stereocenters. The van der Waals surface area contributed by atoms with Crippen molar-refractivity contribution >= 4 is 0 Å². The largest absolute Gasteiger partial charge is 2.00 e. The molecule has 0 aromatic carbocycles. The fourth-order valence-electron chi connectivity index (χ4n) is 0.642. The van der Waals surface area contributed by atoms with Crippen molar-refractivity contribution in [1.29, 1.82) is 0 Å². The maximum absolute atomic E-state index is 3.60. The zero-order chi connectivity index (χ0) is 13.9. The van der Waals surface area contributed by atoms with Crippen molar-refractivity contribution in [3.8, 4) is 0 Å². The van der Waals surface area contributed by atoms with Gasteiger partial charge in [-0.2, -0.15) is 12.8 Å². The molecular weight excluding hydrogens is 264 g/mol. The Morgan fingerprint density at radius 2 is 0.632 bits per heavy atom. The number of hydrogen-bond donors (Lipinski definition) is 0. The van der Waals surface area contributed by atoms with Gasteiger partial charge in [-0.25, -0.2) is 0 Å². The Bertz CT molecular complexity index is 71.0. The van der Waals surface area contributed by atoms with E-state index < -0.39 is 0 Å². The van der Waals surface area contributed by atoms with Crippen LogP contribution in [-0.2, 0) is 21.7 Å². The van der Waals surface area contributed by atoms with E-state index in [1.165, 1.54) is 12.8 Å². The van der Waals surface area contributed by atoms with Crippen LogP contribution < -0.4 is 0 Å². The fraction of sp³-hybridized carbons (Fsp3) is 0.333. The van der Waals surface area contributed by atoms with E-state index in [4.69, 9.17) is 0 Å². The van der Waals surface area contributed by atoms with Gasteiger partial charge in [0.05, 0.1) is 0 Å². The van der Waals surface area contributed by atoms with E-state index in [1.54, 1.807) is 0 Å². The third-order valence-corrected chi connectivity index (χ3v) is 1.82. The van der Waals surface area contributed by atoms with Crippen molar-refractivity contribution in [2.45, 2.75) is 39.5 Å². The molecule has 0 spiro atoms. The molecule has 0 bridgehead atoms. The molecule has 0 unspecified atom stereocenters. The van der Waals surface area contributed by atoms with Gasteiger partial charge in [-0.3, -0.25) is 0 Å². The molecule has 0 N–H and O–H groups in total. The van der Waals surface area contributed by atoms with E-state index in [2.05, 4.69) is 27.7 Å². The van der Waals surface area contributed by atoms with Crippen LogP contribution in [0.2, 0.25) is 0 Å². The van der Waals surface area contributed by atoms with Crippen LogP contribution in [0.15, 0.2) is 0 Å². The van der Waals surface area contributed by atoms with Crippen LogP contribution >= 0.6 is 0 Å². The Hall–Kier alpha value is 0.714. The van der Waals surface area contributed by atoms with Crippen molar-refractivity contribution < 1.29 is 21.7 Å². The minimum absolute atomic E-state index is 0. The summed E-state index contributed by atoms with van der Waals surface area (Å²) in [5.41, 5.74) is 0. The molecule has 2 rings (SSSR count). The Morgan fingerprint density at radius 1 is 0.526 bits per heavy atom. The quantitative estimate of drug-likeness (QED) is 0.479. The summed E-state index contributed by atoms with van der Waals surface area (Å²) in [6.45, 7) is 11.4. The summed E-state index contributed by atoms with van der Waals surface area (Å²) in [4.78, 5) is 0. The van der Waals surface area contributed by atoms with Crippen molar-refractivity contribution in [3.63, 3.8) is 0 Å². The van der Waals surface area contributed by atoms with Crippen molar-refractivity contribution in [1.82, 2.24) is 0 Å². The Kier molecular flexibility index (Phi) is 35.3. The molecule has 2 saturated carbocycles. The average Bonchev–Trinajstić information content (AvgIpc) is 3.14. The summed E-state index contributed by atoms with van der Waals surface area (Å²) in [6.07, 6.45) is 24.6. The first-order chi connectivity index (χ1) is 8.83. The van der Waals surface area contributed by atoms with Gasteiger partial charge < -0.3 is 13.8 Å². The first kappa shape index (κ1) is 24.7. The second-order valence-corrected chi connectivity index (χ2v) is 3.63. The molecule has 2 fully saturated rings. The molecule has 0 amide bonds. The first-order valence-electron chi connectivity index (χ1n) is 6.75. The molecular formula is C18H28Ti. The van der Waals surface area contributed by atoms with E-state index in [1.807, 2.05) is 64.2 Å². The number of rotatable bonds is 2. The Labute approximate surface area is 139 Å². The minimum Gasteiger partial charge on any atom is -0.343 e. The summed E-state index contributed by atoms with van der Waals surface area (Å²) in [6, 6.07) is 0. The maximum Gasteiger partial charge on any atom is 2.00 e. The van der Waals surface area contributed by atoms with Gasteiger partial charge in [0.15, 0.2) is 0 Å². The third-order valence-electron chi connectivity index (χ3n) is 1.82. The van der Waals surface area contributed by atoms with E-state index in [9.17, 15) is 0 Å². The zero-order valence-corrected chi connectivity index (χ0v) is 14.1. The predicted molar refractivity (Wildman–Crippen MR) is 83.5 cm³/mol. The van der Waals surface area contributed by atoms with Crippen LogP contribution in [0.3, 0.4) is 0 Å². The van der Waals surface area contributed by atoms with Gasteiger partial charge in [-0.1, -0.05) is 26.7 Å². The topological polar surface area (TPSA) is 0 Å². The normalized spacial score (nSPS) is 15.8. The summed E-state index contributed by atoms with van der Waals surface area (Å²) in [7, 11) is 0. The molecule has 2 aliphatic carbocycles. The van der Waals surface area contributed by atoms with Crippen molar-refractivity contribution in [2.24, 2.45) is 0 Å². The molecule has 10 radical (unpaired) electrons. The van der Waals surface area contributed by atoms with Crippen LogP contribution in [0.4, 0.5) is 0 Å². The van der Waals surface area contributed by atoms with Crippen molar-refractivity contribution in [3.05, 3.63) is 78.1 Å². The van der Waals surface area contributed by atoms with Gasteiger partial charge in [0.25, 0.3) is 0 Å². The first-order valence-corrected chi connectivity index (χ1v) is 6.75. The molecule has 0 aliphatic heterocycles. The van der Waals surface area contributed by atoms with E-state index in [-0.39, 0.29) is 21.7 Å². The fourth-order valence-corrected chi connectivity index (χ4v) is 0.642. The minimum atomic E-state index is 0. The molecule has 0 aromatic heterocycles. The number of hydrogen-bond acceptors (Lipinski definition) is 0. The summed E-state index contributed by atoms with van der Waals surface area (Å²) in [5, 5.41) is 0. The van der Waals surface area contributed by atoms with E-state index in [0.29, 0.717) is 0 Å². The molecule has 0 nitrogen and oxygen atoms in total. The van der Waals surface area contributed by atoms with Gasteiger partial charge in [0.1, 0.15) is 0 Å². The van der Waals surface area contributed by atoms with Gasteiger partial charge in [-0.15, -0.1) is 0 Å². The molecule has 1 heteroatoms. The molecule has 104 valence electrons. The molecule has 2 aliphatic rings. The SMILES string of the molecule is [CH2-]CCC.[CH2-]CCC.[CH]1[CH][CH][CH][CH]1.[CH]1[CH][CH][CH][CH]1.[Ti+2]. The zero-order valence-electron chi connectivity index (χ0n) is 12.5. The van der Waals surface area contributed by atoms with Crippen LogP contribution in [0, 0.1) is 78.1 Å². The summed E-state index contributed by atoms with van der Waals surface area (Å²) >= 11 is 0. The monoisotopic (exact) mass is 292 g/mol. The maximum atomic E-state index is 3.60. The van der Waals surface area contributed by atoms with Gasteiger partial charge in [-0.05, 0) is 64.2 Å². The second kappa shape index (κ2) is 27.1. The predicted octanol–water partition coefficient (Wildman–Crippen LogP) is 5.28. The molecule has 0 saturated heterocycles. The smallest absolute Gasteiger partial charge is 0.343 e. The van der Waals surface area contributed by atoms with E-state index >= 15 is 0 Å². The molecule has 0 heterocycles. The summed E-state index contributed by atoms with van der Waals surface area (Å²) < 4.78 is 0. The van der Waals surface area contributed by atoms with Crippen molar-refractivity contribution in [2.75, 3.05) is 0 Å². The Morgan fingerprint density at radius 3 is 0.684 bits per heavy atom. The number of unbranched alkanes of at least 4 members (excludes halogenated alkanes) is 2. The molecule has 0 aromatic rings. The molecule has 19 heavy (non-hydrogen) atoms. The van der Waals surface area contributed by atoms with Gasteiger partial charge >= 0.3 is 21.7 Å². The van der Waals surface area contributed by atoms with Crippen LogP contribution in [0.1, 0.15) is 39.5 Å². The average molecular weight is 292 g/mol. The Balaban J connectivity index is -0.000000178. The van der Waals surface area contributed by atoms with Gasteiger partial charge in [0, 0.05) is 0 Å².